The summed E-state index contributed by atoms with van der Waals surface area (Å²) < 4.78 is 1.53. The third-order valence-electron chi connectivity index (χ3n) is 2.66. The second-order valence-electron chi connectivity index (χ2n) is 4.22. The molecule has 1 aromatic rings. The number of carboxylic acids is 1. The normalized spacial score (nSPS) is 13.9. The van der Waals surface area contributed by atoms with Crippen molar-refractivity contribution in [2.75, 3.05) is 0 Å². The lowest BCUT2D eigenvalue weighted by Crippen LogP contribution is -2.32. The fourth-order valence-corrected chi connectivity index (χ4v) is 1.32. The summed E-state index contributed by atoms with van der Waals surface area (Å²) >= 11 is 0. The van der Waals surface area contributed by atoms with Crippen molar-refractivity contribution in [3.8, 4) is 0 Å². The molecule has 0 amide bonds. The van der Waals surface area contributed by atoms with E-state index in [0.717, 1.165) is 0 Å². The zero-order valence-corrected chi connectivity index (χ0v) is 9.35. The van der Waals surface area contributed by atoms with Crippen molar-refractivity contribution in [2.45, 2.75) is 39.3 Å². The Bertz CT molecular complexity index is 377. The molecule has 15 heavy (non-hydrogen) atoms. The average Bonchev–Trinajstić information content (AvgIpc) is 2.44. The van der Waals surface area contributed by atoms with Gasteiger partial charge in [-0.3, -0.25) is 4.68 Å². The van der Waals surface area contributed by atoms with Gasteiger partial charge in [-0.05, 0) is 27.7 Å². The van der Waals surface area contributed by atoms with E-state index in [9.17, 15) is 9.90 Å². The lowest BCUT2D eigenvalue weighted by molar-refractivity contribution is 0.0248. The highest BCUT2D eigenvalue weighted by Crippen LogP contribution is 2.23. The first-order valence-corrected chi connectivity index (χ1v) is 4.75. The molecule has 2 N–H and O–H groups in total. The molecule has 0 aliphatic heterocycles. The first kappa shape index (κ1) is 11.7. The van der Waals surface area contributed by atoms with Gasteiger partial charge in [-0.25, -0.2) is 4.79 Å². The number of carbonyl (C=O) groups is 1. The monoisotopic (exact) mass is 212 g/mol. The Hall–Kier alpha value is -1.36. The minimum absolute atomic E-state index is 0.172. The number of nitrogens with zero attached hydrogens (tertiary/aromatic N) is 2. The van der Waals surface area contributed by atoms with E-state index < -0.39 is 11.6 Å². The number of aromatic carboxylic acids is 1. The van der Waals surface area contributed by atoms with Gasteiger partial charge in [0.2, 0.25) is 0 Å². The van der Waals surface area contributed by atoms with Gasteiger partial charge < -0.3 is 10.2 Å². The molecule has 0 bridgehead atoms. The van der Waals surface area contributed by atoms with Crippen LogP contribution in [0.1, 0.15) is 42.9 Å². The molecule has 0 saturated carbocycles. The van der Waals surface area contributed by atoms with Crippen LogP contribution >= 0.6 is 0 Å². The molecular formula is C10H16N2O3. The van der Waals surface area contributed by atoms with Crippen LogP contribution in [-0.4, -0.2) is 31.6 Å². The standard InChI is InChI=1S/C10H16N2O3/c1-6-8(9(13)14)5-11-12(6)7(2)10(3,4)15/h5,7,15H,1-4H3,(H,13,14). The molecule has 1 aromatic heterocycles. The predicted octanol–water partition coefficient (Wildman–Crippen LogP) is 1.22. The molecule has 0 aliphatic carbocycles. The smallest absolute Gasteiger partial charge is 0.339 e. The van der Waals surface area contributed by atoms with Crippen LogP contribution in [0, 0.1) is 6.92 Å². The van der Waals surface area contributed by atoms with E-state index >= 15 is 0 Å². The average molecular weight is 212 g/mol. The minimum Gasteiger partial charge on any atom is -0.478 e. The van der Waals surface area contributed by atoms with Gasteiger partial charge in [0.15, 0.2) is 0 Å². The summed E-state index contributed by atoms with van der Waals surface area (Å²) in [5.74, 6) is -0.998. The number of carboxylic acid groups (broad SMARTS) is 1. The zero-order chi connectivity index (χ0) is 11.8. The summed E-state index contributed by atoms with van der Waals surface area (Å²) in [5.41, 5.74) is -0.213. The third kappa shape index (κ3) is 2.18. The van der Waals surface area contributed by atoms with Gasteiger partial charge in [0.1, 0.15) is 5.56 Å². The van der Waals surface area contributed by atoms with Crippen molar-refractivity contribution in [1.29, 1.82) is 0 Å². The van der Waals surface area contributed by atoms with E-state index in [-0.39, 0.29) is 11.6 Å². The quantitative estimate of drug-likeness (QED) is 0.790. The predicted molar refractivity (Wildman–Crippen MR) is 54.9 cm³/mol. The fourth-order valence-electron chi connectivity index (χ4n) is 1.32. The van der Waals surface area contributed by atoms with Gasteiger partial charge in [-0.2, -0.15) is 5.10 Å². The van der Waals surface area contributed by atoms with Gasteiger partial charge in [0, 0.05) is 0 Å². The summed E-state index contributed by atoms with van der Waals surface area (Å²) in [7, 11) is 0. The minimum atomic E-state index is -0.998. The summed E-state index contributed by atoms with van der Waals surface area (Å²) in [4.78, 5) is 10.8. The van der Waals surface area contributed by atoms with E-state index in [4.69, 9.17) is 5.11 Å². The van der Waals surface area contributed by atoms with Crippen molar-refractivity contribution in [2.24, 2.45) is 0 Å². The van der Waals surface area contributed by atoms with Gasteiger partial charge in [-0.1, -0.05) is 0 Å². The Labute approximate surface area is 88.3 Å². The van der Waals surface area contributed by atoms with E-state index in [0.29, 0.717) is 5.69 Å². The van der Waals surface area contributed by atoms with E-state index in [1.165, 1.54) is 10.9 Å². The van der Waals surface area contributed by atoms with Gasteiger partial charge >= 0.3 is 5.97 Å². The Morgan fingerprint density at radius 3 is 2.47 bits per heavy atom. The molecule has 0 aliphatic rings. The molecule has 5 heteroatoms. The van der Waals surface area contributed by atoms with E-state index in [2.05, 4.69) is 5.10 Å². The molecule has 0 spiro atoms. The molecule has 1 atom stereocenters. The first-order chi connectivity index (χ1) is 6.75. The van der Waals surface area contributed by atoms with Crippen molar-refractivity contribution in [1.82, 2.24) is 9.78 Å². The topological polar surface area (TPSA) is 75.3 Å². The molecule has 84 valence electrons. The summed E-state index contributed by atoms with van der Waals surface area (Å²) in [6, 6.07) is -0.273. The van der Waals surface area contributed by atoms with Gasteiger partial charge in [0.05, 0.1) is 23.5 Å². The molecule has 1 rings (SSSR count). The highest BCUT2D eigenvalue weighted by atomic mass is 16.4. The van der Waals surface area contributed by atoms with Crippen molar-refractivity contribution >= 4 is 5.97 Å². The summed E-state index contributed by atoms with van der Waals surface area (Å²) in [6.07, 6.45) is 1.31. The SMILES string of the molecule is Cc1c(C(=O)O)cnn1C(C)C(C)(C)O. The second-order valence-corrected chi connectivity index (χ2v) is 4.22. The number of rotatable bonds is 3. The van der Waals surface area contributed by atoms with Gasteiger partial charge in [-0.15, -0.1) is 0 Å². The molecule has 0 fully saturated rings. The van der Waals surface area contributed by atoms with Crippen molar-refractivity contribution in [3.63, 3.8) is 0 Å². The number of aromatic nitrogens is 2. The summed E-state index contributed by atoms with van der Waals surface area (Å²) in [5, 5.41) is 22.6. The van der Waals surface area contributed by atoms with Crippen LogP contribution in [-0.2, 0) is 0 Å². The molecule has 0 saturated heterocycles. The van der Waals surface area contributed by atoms with Crippen LogP contribution in [0.2, 0.25) is 0 Å². The molecule has 0 radical (unpaired) electrons. The second kappa shape index (κ2) is 3.66. The molecule has 5 nitrogen and oxygen atoms in total. The van der Waals surface area contributed by atoms with Crippen LogP contribution in [0.5, 0.6) is 0 Å². The number of aliphatic hydroxyl groups is 1. The van der Waals surface area contributed by atoms with Crippen molar-refractivity contribution < 1.29 is 15.0 Å². The third-order valence-corrected chi connectivity index (χ3v) is 2.66. The highest BCUT2D eigenvalue weighted by Gasteiger charge is 2.27. The lowest BCUT2D eigenvalue weighted by Gasteiger charge is -2.27. The maximum Gasteiger partial charge on any atom is 0.339 e. The van der Waals surface area contributed by atoms with Crippen molar-refractivity contribution in [3.05, 3.63) is 17.5 Å². The maximum absolute atomic E-state index is 10.8. The van der Waals surface area contributed by atoms with Crippen LogP contribution in [0.4, 0.5) is 0 Å². The van der Waals surface area contributed by atoms with E-state index in [1.54, 1.807) is 27.7 Å². The lowest BCUT2D eigenvalue weighted by atomic mass is 10.0. The Balaban J connectivity index is 3.12. The summed E-state index contributed by atoms with van der Waals surface area (Å²) in [6.45, 7) is 6.81. The molecule has 1 unspecified atom stereocenters. The molecular weight excluding hydrogens is 196 g/mol. The molecule has 0 aromatic carbocycles. The maximum atomic E-state index is 10.8. The zero-order valence-electron chi connectivity index (χ0n) is 9.35. The number of hydrogen-bond donors (Lipinski definition) is 2. The highest BCUT2D eigenvalue weighted by molar-refractivity contribution is 5.88. The fraction of sp³-hybridized carbons (Fsp3) is 0.600. The number of hydrogen-bond acceptors (Lipinski definition) is 3. The first-order valence-electron chi connectivity index (χ1n) is 4.75. The van der Waals surface area contributed by atoms with E-state index in [1.807, 2.05) is 0 Å². The van der Waals surface area contributed by atoms with Crippen LogP contribution in [0.15, 0.2) is 6.20 Å². The van der Waals surface area contributed by atoms with Crippen LogP contribution < -0.4 is 0 Å². The largest absolute Gasteiger partial charge is 0.478 e. The Morgan fingerprint density at radius 2 is 2.13 bits per heavy atom. The van der Waals surface area contributed by atoms with Gasteiger partial charge in [0.25, 0.3) is 0 Å². The van der Waals surface area contributed by atoms with Crippen LogP contribution in [0.25, 0.3) is 0 Å². The Kier molecular flexibility index (Phi) is 2.86. The van der Waals surface area contributed by atoms with Crippen LogP contribution in [0.3, 0.4) is 0 Å². The Morgan fingerprint density at radius 1 is 1.60 bits per heavy atom. The molecule has 1 heterocycles.